The molecule has 1 saturated carbocycles. The molecule has 1 aliphatic carbocycles. The highest BCUT2D eigenvalue weighted by molar-refractivity contribution is 7.03. The molecule has 2 rings (SSSR count). The Morgan fingerprint density at radius 3 is 2.93 bits per heavy atom. The van der Waals surface area contributed by atoms with E-state index >= 15 is 0 Å². The number of Topliss-reactive ketones (excluding diaryl/α,β-unsaturated/α-hetero) is 1. The molecule has 0 spiro atoms. The van der Waals surface area contributed by atoms with Crippen molar-refractivity contribution in [1.29, 1.82) is 0 Å². The van der Waals surface area contributed by atoms with Crippen LogP contribution in [0.3, 0.4) is 0 Å². The van der Waals surface area contributed by atoms with Crippen LogP contribution in [0.25, 0.3) is 0 Å². The monoisotopic (exact) mass is 224 g/mol. The van der Waals surface area contributed by atoms with E-state index in [4.69, 9.17) is 5.73 Å². The van der Waals surface area contributed by atoms with E-state index in [1.54, 1.807) is 6.07 Å². The van der Waals surface area contributed by atoms with Crippen LogP contribution < -0.4 is 5.73 Å². The fourth-order valence-corrected chi connectivity index (χ4v) is 2.71. The van der Waals surface area contributed by atoms with Gasteiger partial charge in [0.2, 0.25) is 0 Å². The first-order valence-electron chi connectivity index (χ1n) is 5.49. The first-order chi connectivity index (χ1) is 7.29. The molecule has 1 fully saturated rings. The Morgan fingerprint density at radius 2 is 2.20 bits per heavy atom. The summed E-state index contributed by atoms with van der Waals surface area (Å²) in [5.41, 5.74) is 6.64. The van der Waals surface area contributed by atoms with Crippen LogP contribution in [0.1, 0.15) is 42.6 Å². The van der Waals surface area contributed by atoms with Gasteiger partial charge in [-0.1, -0.05) is 19.3 Å². The molecule has 2 unspecified atom stereocenters. The van der Waals surface area contributed by atoms with E-state index < -0.39 is 0 Å². The highest BCUT2D eigenvalue weighted by atomic mass is 32.1. The Balaban J connectivity index is 2.11. The van der Waals surface area contributed by atoms with Crippen LogP contribution in [0.5, 0.6) is 0 Å². The predicted octanol–water partition coefficient (Wildman–Crippen LogP) is 2.23. The van der Waals surface area contributed by atoms with Crippen LogP contribution in [-0.2, 0) is 0 Å². The molecule has 1 aliphatic rings. The minimum absolute atomic E-state index is 0.00500. The zero-order valence-electron chi connectivity index (χ0n) is 8.69. The molecule has 0 bridgehead atoms. The first kappa shape index (κ1) is 10.8. The topological polar surface area (TPSA) is 56.0 Å². The molecule has 1 aromatic rings. The Morgan fingerprint density at radius 1 is 1.40 bits per heavy atom. The quantitative estimate of drug-likeness (QED) is 0.619. The van der Waals surface area contributed by atoms with E-state index in [-0.39, 0.29) is 17.7 Å². The fourth-order valence-electron chi connectivity index (χ4n) is 2.19. The van der Waals surface area contributed by atoms with E-state index in [0.717, 1.165) is 25.7 Å². The summed E-state index contributed by atoms with van der Waals surface area (Å²) in [6.07, 6.45) is 5.38. The van der Waals surface area contributed by atoms with Crippen molar-refractivity contribution in [3.8, 4) is 0 Å². The molecular formula is C11H16N2OS. The zero-order chi connectivity index (χ0) is 10.7. The number of hydrogen-bond donors (Lipinski definition) is 1. The summed E-state index contributed by atoms with van der Waals surface area (Å²) in [5.74, 6) is 0.139. The van der Waals surface area contributed by atoms with Gasteiger partial charge in [0.25, 0.3) is 0 Å². The lowest BCUT2D eigenvalue weighted by molar-refractivity contribution is 0.0890. The van der Waals surface area contributed by atoms with Gasteiger partial charge in [0, 0.05) is 17.3 Å². The largest absolute Gasteiger partial charge is 0.327 e. The number of nitrogens with zero attached hydrogens (tertiary/aromatic N) is 1. The molecule has 2 atom stereocenters. The van der Waals surface area contributed by atoms with Crippen molar-refractivity contribution in [2.45, 2.75) is 38.1 Å². The van der Waals surface area contributed by atoms with Crippen molar-refractivity contribution in [1.82, 2.24) is 4.37 Å². The van der Waals surface area contributed by atoms with Gasteiger partial charge >= 0.3 is 0 Å². The number of carbonyl (C=O) groups is 1. The number of hydrogen-bond acceptors (Lipinski definition) is 4. The van der Waals surface area contributed by atoms with Crippen LogP contribution in [-0.4, -0.2) is 16.2 Å². The number of aromatic nitrogens is 1. The average Bonchev–Trinajstić information content (AvgIpc) is 2.68. The summed E-state index contributed by atoms with van der Waals surface area (Å²) < 4.78 is 4.09. The van der Waals surface area contributed by atoms with Crippen molar-refractivity contribution in [3.63, 3.8) is 0 Å². The third-order valence-corrected chi connectivity index (χ3v) is 3.66. The van der Waals surface area contributed by atoms with E-state index in [0.29, 0.717) is 5.69 Å². The maximum Gasteiger partial charge on any atom is 0.186 e. The highest BCUT2D eigenvalue weighted by Gasteiger charge is 2.28. The molecule has 0 saturated heterocycles. The third kappa shape index (κ3) is 2.44. The Hall–Kier alpha value is -0.740. The van der Waals surface area contributed by atoms with Crippen LogP contribution in [0.4, 0.5) is 0 Å². The summed E-state index contributed by atoms with van der Waals surface area (Å²) in [6.45, 7) is 0. The van der Waals surface area contributed by atoms with Gasteiger partial charge in [0.1, 0.15) is 5.69 Å². The van der Waals surface area contributed by atoms with Crippen LogP contribution >= 0.6 is 11.5 Å². The molecule has 0 aromatic carbocycles. The lowest BCUT2D eigenvalue weighted by Gasteiger charge is -2.18. The number of ketones is 1. The molecular weight excluding hydrogens is 208 g/mol. The van der Waals surface area contributed by atoms with Crippen molar-refractivity contribution in [2.75, 3.05) is 0 Å². The second kappa shape index (κ2) is 4.86. The SMILES string of the molecule is NC1CCCCCC1C(=O)c1ccsn1. The van der Waals surface area contributed by atoms with Crippen molar-refractivity contribution >= 4 is 17.3 Å². The molecule has 1 aromatic heterocycles. The number of rotatable bonds is 2. The summed E-state index contributed by atoms with van der Waals surface area (Å²) >= 11 is 1.33. The minimum Gasteiger partial charge on any atom is -0.327 e. The van der Waals surface area contributed by atoms with E-state index in [1.165, 1.54) is 18.0 Å². The van der Waals surface area contributed by atoms with E-state index in [2.05, 4.69) is 4.37 Å². The van der Waals surface area contributed by atoms with Gasteiger partial charge < -0.3 is 5.73 Å². The molecule has 0 amide bonds. The van der Waals surface area contributed by atoms with Crippen LogP contribution in [0.15, 0.2) is 11.4 Å². The van der Waals surface area contributed by atoms with Gasteiger partial charge in [-0.3, -0.25) is 4.79 Å². The summed E-state index contributed by atoms with van der Waals surface area (Å²) in [7, 11) is 0. The van der Waals surface area contributed by atoms with Gasteiger partial charge in [-0.05, 0) is 30.4 Å². The lowest BCUT2D eigenvalue weighted by Crippen LogP contribution is -2.34. The Kier molecular flexibility index (Phi) is 3.49. The van der Waals surface area contributed by atoms with Crippen molar-refractivity contribution in [3.05, 3.63) is 17.1 Å². The molecule has 0 aliphatic heterocycles. The lowest BCUT2D eigenvalue weighted by atomic mass is 9.90. The zero-order valence-corrected chi connectivity index (χ0v) is 9.50. The molecule has 82 valence electrons. The fraction of sp³-hybridized carbons (Fsp3) is 0.636. The second-order valence-electron chi connectivity index (χ2n) is 4.16. The standard InChI is InChI=1S/C11H16N2OS/c12-9-5-3-1-2-4-8(9)11(14)10-6-7-15-13-10/h6-9H,1-5,12H2. The maximum absolute atomic E-state index is 12.1. The number of carbonyl (C=O) groups excluding carboxylic acids is 1. The summed E-state index contributed by atoms with van der Waals surface area (Å²) in [4.78, 5) is 12.1. The van der Waals surface area contributed by atoms with Gasteiger partial charge in [0.05, 0.1) is 0 Å². The van der Waals surface area contributed by atoms with Crippen molar-refractivity contribution in [2.24, 2.45) is 11.7 Å². The van der Waals surface area contributed by atoms with E-state index in [1.807, 2.05) is 5.38 Å². The minimum atomic E-state index is -0.00500. The van der Waals surface area contributed by atoms with Gasteiger partial charge in [-0.25, -0.2) is 0 Å². The normalized spacial score (nSPS) is 27.3. The number of nitrogens with two attached hydrogens (primary N) is 1. The highest BCUT2D eigenvalue weighted by Crippen LogP contribution is 2.25. The molecule has 4 heteroatoms. The van der Waals surface area contributed by atoms with Crippen LogP contribution in [0, 0.1) is 5.92 Å². The molecule has 2 N–H and O–H groups in total. The van der Waals surface area contributed by atoms with Gasteiger partial charge in [-0.2, -0.15) is 4.37 Å². The Labute approximate surface area is 93.8 Å². The molecule has 3 nitrogen and oxygen atoms in total. The molecule has 0 radical (unpaired) electrons. The molecule has 1 heterocycles. The van der Waals surface area contributed by atoms with E-state index in [9.17, 15) is 4.79 Å². The average molecular weight is 224 g/mol. The Bertz CT molecular complexity index is 323. The smallest absolute Gasteiger partial charge is 0.186 e. The maximum atomic E-state index is 12.1. The first-order valence-corrected chi connectivity index (χ1v) is 6.33. The second-order valence-corrected chi connectivity index (χ2v) is 4.82. The van der Waals surface area contributed by atoms with Gasteiger partial charge in [0.15, 0.2) is 5.78 Å². The predicted molar refractivity (Wildman–Crippen MR) is 61.0 cm³/mol. The van der Waals surface area contributed by atoms with Crippen molar-refractivity contribution < 1.29 is 4.79 Å². The third-order valence-electron chi connectivity index (χ3n) is 3.10. The summed E-state index contributed by atoms with van der Waals surface area (Å²) in [6, 6.07) is 1.83. The van der Waals surface area contributed by atoms with Gasteiger partial charge in [-0.15, -0.1) is 0 Å². The molecule has 15 heavy (non-hydrogen) atoms. The van der Waals surface area contributed by atoms with Crippen LogP contribution in [0.2, 0.25) is 0 Å². The summed E-state index contributed by atoms with van der Waals surface area (Å²) in [5, 5.41) is 1.84.